The average Bonchev–Trinajstić information content (AvgIpc) is 2.50. The zero-order valence-electron chi connectivity index (χ0n) is 9.93. The molecule has 4 heteroatoms. The molecule has 0 amide bonds. The molecular weight excluding hydrogens is 218 g/mol. The van der Waals surface area contributed by atoms with Gasteiger partial charge in [-0.1, -0.05) is 6.07 Å². The van der Waals surface area contributed by atoms with Gasteiger partial charge in [-0.3, -0.25) is 9.78 Å². The average molecular weight is 235 g/mol. The fraction of sp³-hybridized carbons (Fsp3) is 0.538. The van der Waals surface area contributed by atoms with E-state index in [9.17, 15) is 9.90 Å². The summed E-state index contributed by atoms with van der Waals surface area (Å²) in [6.45, 7) is 2.18. The Hall–Kier alpha value is -1.42. The normalized spacial score (nSPS) is 23.6. The third-order valence-corrected chi connectivity index (χ3v) is 3.13. The number of fused-ring (bicyclic) bond motifs is 1. The number of aryl methyl sites for hydroxylation is 1. The molecule has 0 unspecified atom stereocenters. The van der Waals surface area contributed by atoms with Crippen LogP contribution >= 0.6 is 0 Å². The Morgan fingerprint density at radius 2 is 2.47 bits per heavy atom. The molecule has 0 saturated carbocycles. The molecule has 17 heavy (non-hydrogen) atoms. The molecule has 1 aliphatic rings. The second-order valence-electron chi connectivity index (χ2n) is 4.29. The van der Waals surface area contributed by atoms with Crippen molar-refractivity contribution in [3.63, 3.8) is 0 Å². The molecule has 0 aliphatic heterocycles. The fourth-order valence-electron chi connectivity index (χ4n) is 2.27. The van der Waals surface area contributed by atoms with Crippen LogP contribution in [0.3, 0.4) is 0 Å². The first-order valence-corrected chi connectivity index (χ1v) is 6.01. The predicted molar refractivity (Wildman–Crippen MR) is 62.3 cm³/mol. The summed E-state index contributed by atoms with van der Waals surface area (Å²) in [6, 6.07) is 3.81. The highest BCUT2D eigenvalue weighted by molar-refractivity contribution is 5.72. The minimum absolute atomic E-state index is 0.209. The molecule has 92 valence electrons. The van der Waals surface area contributed by atoms with Gasteiger partial charge in [0.15, 0.2) is 0 Å². The lowest BCUT2D eigenvalue weighted by Crippen LogP contribution is -2.19. The minimum atomic E-state index is -0.664. The van der Waals surface area contributed by atoms with E-state index >= 15 is 0 Å². The molecule has 1 aromatic rings. The van der Waals surface area contributed by atoms with Crippen LogP contribution in [-0.4, -0.2) is 22.7 Å². The van der Waals surface area contributed by atoms with Crippen molar-refractivity contribution in [3.8, 4) is 0 Å². The van der Waals surface area contributed by atoms with Gasteiger partial charge in [0.05, 0.1) is 24.3 Å². The fourth-order valence-corrected chi connectivity index (χ4v) is 2.27. The van der Waals surface area contributed by atoms with Gasteiger partial charge in [-0.15, -0.1) is 0 Å². The number of carbonyl (C=O) groups is 1. The van der Waals surface area contributed by atoms with Gasteiger partial charge in [0.25, 0.3) is 0 Å². The Labute approximate surface area is 101 Å². The molecule has 0 saturated heterocycles. The van der Waals surface area contributed by atoms with E-state index in [1.165, 1.54) is 0 Å². The molecule has 1 N–H and O–H groups in total. The maximum absolute atomic E-state index is 11.7. The number of hydrogen-bond donors (Lipinski definition) is 1. The minimum Gasteiger partial charge on any atom is -0.466 e. The third-order valence-electron chi connectivity index (χ3n) is 3.13. The quantitative estimate of drug-likeness (QED) is 0.625. The van der Waals surface area contributed by atoms with E-state index in [2.05, 4.69) is 4.98 Å². The van der Waals surface area contributed by atoms with Crippen LogP contribution in [0.2, 0.25) is 0 Å². The molecule has 2 rings (SSSR count). The van der Waals surface area contributed by atoms with Crippen LogP contribution in [0.5, 0.6) is 0 Å². The monoisotopic (exact) mass is 235 g/mol. The maximum atomic E-state index is 11.7. The van der Waals surface area contributed by atoms with Gasteiger partial charge in [0.1, 0.15) is 0 Å². The lowest BCUT2D eigenvalue weighted by atomic mass is 9.99. The number of carbonyl (C=O) groups excluding carboxylic acids is 1. The number of ether oxygens (including phenoxy) is 1. The lowest BCUT2D eigenvalue weighted by Gasteiger charge is -2.14. The van der Waals surface area contributed by atoms with E-state index in [-0.39, 0.29) is 11.9 Å². The summed E-state index contributed by atoms with van der Waals surface area (Å²) in [4.78, 5) is 15.9. The summed E-state index contributed by atoms with van der Waals surface area (Å²) in [5, 5.41) is 10.1. The standard InChI is InChI=1S/C13H17NO3/c1-2-17-13(16)10-6-5-9-4-3-7-14-12(9)11(15)8-10/h3-4,7,10-11,15H,2,5-6,8H2,1H3/t10-,11+/m0/s1. The van der Waals surface area contributed by atoms with E-state index in [1.54, 1.807) is 13.1 Å². The van der Waals surface area contributed by atoms with Crippen molar-refractivity contribution >= 4 is 5.97 Å². The zero-order chi connectivity index (χ0) is 12.3. The molecule has 0 fully saturated rings. The van der Waals surface area contributed by atoms with Crippen LogP contribution in [0.15, 0.2) is 18.3 Å². The van der Waals surface area contributed by atoms with Crippen molar-refractivity contribution in [3.05, 3.63) is 29.6 Å². The van der Waals surface area contributed by atoms with Crippen molar-refractivity contribution in [2.24, 2.45) is 5.92 Å². The van der Waals surface area contributed by atoms with Crippen LogP contribution < -0.4 is 0 Å². The highest BCUT2D eigenvalue weighted by Crippen LogP contribution is 2.30. The molecule has 2 atom stereocenters. The number of pyridine rings is 1. The van der Waals surface area contributed by atoms with Gasteiger partial charge in [-0.2, -0.15) is 0 Å². The summed E-state index contributed by atoms with van der Waals surface area (Å²) in [5.74, 6) is -0.432. The second kappa shape index (κ2) is 5.27. The number of aliphatic hydroxyl groups is 1. The number of aliphatic hydroxyl groups excluding tert-OH is 1. The first-order chi connectivity index (χ1) is 8.22. The summed E-state index contributed by atoms with van der Waals surface area (Å²) in [7, 11) is 0. The summed E-state index contributed by atoms with van der Waals surface area (Å²) in [5.41, 5.74) is 1.74. The number of nitrogens with zero attached hydrogens (tertiary/aromatic N) is 1. The number of hydrogen-bond acceptors (Lipinski definition) is 4. The molecule has 1 aromatic heterocycles. The van der Waals surface area contributed by atoms with Crippen LogP contribution in [0.1, 0.15) is 37.1 Å². The van der Waals surface area contributed by atoms with Gasteiger partial charge in [-0.05, 0) is 37.8 Å². The Morgan fingerprint density at radius 1 is 1.65 bits per heavy atom. The highest BCUT2D eigenvalue weighted by atomic mass is 16.5. The lowest BCUT2D eigenvalue weighted by molar-refractivity contribution is -0.149. The second-order valence-corrected chi connectivity index (χ2v) is 4.29. The van der Waals surface area contributed by atoms with Gasteiger partial charge in [-0.25, -0.2) is 0 Å². The Kier molecular flexibility index (Phi) is 3.74. The number of aromatic nitrogens is 1. The smallest absolute Gasteiger partial charge is 0.309 e. The molecule has 0 bridgehead atoms. The first-order valence-electron chi connectivity index (χ1n) is 6.01. The van der Waals surface area contributed by atoms with Crippen LogP contribution in [0, 0.1) is 5.92 Å². The van der Waals surface area contributed by atoms with Crippen molar-refractivity contribution in [1.82, 2.24) is 4.98 Å². The summed E-state index contributed by atoms with van der Waals surface area (Å²) >= 11 is 0. The Morgan fingerprint density at radius 3 is 3.24 bits per heavy atom. The van der Waals surface area contributed by atoms with E-state index < -0.39 is 6.10 Å². The summed E-state index contributed by atoms with van der Waals surface area (Å²) < 4.78 is 5.01. The largest absolute Gasteiger partial charge is 0.466 e. The third kappa shape index (κ3) is 2.64. The van der Waals surface area contributed by atoms with Crippen molar-refractivity contribution in [1.29, 1.82) is 0 Å². The molecule has 0 aromatic carbocycles. The van der Waals surface area contributed by atoms with E-state index in [0.29, 0.717) is 25.1 Å². The molecule has 0 spiro atoms. The topological polar surface area (TPSA) is 59.4 Å². The predicted octanol–water partition coefficient (Wildman–Crippen LogP) is 1.63. The van der Waals surface area contributed by atoms with Crippen molar-refractivity contribution in [2.75, 3.05) is 6.61 Å². The Balaban J connectivity index is 2.14. The maximum Gasteiger partial charge on any atom is 0.309 e. The summed E-state index contributed by atoms with van der Waals surface area (Å²) in [6.07, 6.45) is 2.90. The molecule has 1 aliphatic carbocycles. The first kappa shape index (κ1) is 12.0. The SMILES string of the molecule is CCOC(=O)[C@H]1CCc2cccnc2[C@H](O)C1. The van der Waals surface area contributed by atoms with Crippen LogP contribution in [-0.2, 0) is 16.0 Å². The van der Waals surface area contributed by atoms with E-state index in [0.717, 1.165) is 12.0 Å². The zero-order valence-corrected chi connectivity index (χ0v) is 9.93. The number of esters is 1. The van der Waals surface area contributed by atoms with Gasteiger partial charge >= 0.3 is 5.97 Å². The molecule has 0 radical (unpaired) electrons. The van der Waals surface area contributed by atoms with Gasteiger partial charge in [0, 0.05) is 6.20 Å². The number of rotatable bonds is 2. The van der Waals surface area contributed by atoms with E-state index in [4.69, 9.17) is 4.74 Å². The van der Waals surface area contributed by atoms with Crippen LogP contribution in [0.4, 0.5) is 0 Å². The van der Waals surface area contributed by atoms with Crippen molar-refractivity contribution < 1.29 is 14.6 Å². The Bertz CT molecular complexity index is 405. The van der Waals surface area contributed by atoms with Gasteiger partial charge in [0.2, 0.25) is 0 Å². The molecule has 4 nitrogen and oxygen atoms in total. The van der Waals surface area contributed by atoms with E-state index in [1.807, 2.05) is 12.1 Å². The molecular formula is C13H17NO3. The van der Waals surface area contributed by atoms with Gasteiger partial charge < -0.3 is 9.84 Å². The van der Waals surface area contributed by atoms with Crippen molar-refractivity contribution in [2.45, 2.75) is 32.3 Å². The van der Waals surface area contributed by atoms with Crippen LogP contribution in [0.25, 0.3) is 0 Å². The highest BCUT2D eigenvalue weighted by Gasteiger charge is 2.29. The molecule has 1 heterocycles.